The molecule has 1 aromatic heterocycles. The lowest BCUT2D eigenvalue weighted by Crippen LogP contribution is -2.49. The zero-order valence-corrected chi connectivity index (χ0v) is 15.1. The normalized spacial score (nSPS) is 14.7. The minimum Gasteiger partial charge on any atom is -0.478 e. The third-order valence-electron chi connectivity index (χ3n) is 4.50. The zero-order valence-electron chi connectivity index (χ0n) is 15.1. The number of rotatable bonds is 6. The second-order valence-corrected chi connectivity index (χ2v) is 7.17. The average Bonchev–Trinajstić information content (AvgIpc) is 3.03. The Labute approximate surface area is 148 Å². The molecule has 0 aliphatic heterocycles. The van der Waals surface area contributed by atoms with Crippen LogP contribution in [0.4, 0.5) is 0 Å². The number of aromatic nitrogens is 2. The summed E-state index contributed by atoms with van der Waals surface area (Å²) in [6.45, 7) is 5.55. The van der Waals surface area contributed by atoms with E-state index in [1.165, 1.54) is 17.5 Å². The van der Waals surface area contributed by atoms with E-state index >= 15 is 0 Å². The third-order valence-corrected chi connectivity index (χ3v) is 4.50. The van der Waals surface area contributed by atoms with Gasteiger partial charge in [0.25, 0.3) is 5.91 Å². The molecule has 0 unspecified atom stereocenters. The fraction of sp³-hybridized carbons (Fsp3) is 0.450. The summed E-state index contributed by atoms with van der Waals surface area (Å²) in [5.41, 5.74) is 2.65. The van der Waals surface area contributed by atoms with Crippen LogP contribution in [0.25, 0.3) is 0 Å². The molecule has 0 spiro atoms. The second kappa shape index (κ2) is 7.21. The van der Waals surface area contributed by atoms with Crippen LogP contribution < -0.4 is 10.1 Å². The summed E-state index contributed by atoms with van der Waals surface area (Å²) in [6.07, 6.45) is 9.07. The first-order valence-electron chi connectivity index (χ1n) is 8.81. The average molecular weight is 339 g/mol. The Morgan fingerprint density at radius 3 is 2.84 bits per heavy atom. The molecular formula is C20H25N3O2. The summed E-state index contributed by atoms with van der Waals surface area (Å²) in [6, 6.07) is 6.09. The number of benzene rings is 1. The van der Waals surface area contributed by atoms with Crippen molar-refractivity contribution in [2.24, 2.45) is 0 Å². The predicted octanol–water partition coefficient (Wildman–Crippen LogP) is 2.87. The Morgan fingerprint density at radius 1 is 1.28 bits per heavy atom. The van der Waals surface area contributed by atoms with Crippen molar-refractivity contribution in [2.75, 3.05) is 0 Å². The van der Waals surface area contributed by atoms with Gasteiger partial charge in [-0.05, 0) is 63.3 Å². The quantitative estimate of drug-likeness (QED) is 0.879. The number of nitrogens with one attached hydrogen (secondary N) is 1. The fourth-order valence-corrected chi connectivity index (χ4v) is 3.15. The SMILES string of the molecule is C[C@H](Cc1cnccn1)NC(=O)C(C)(C)Oc1ccc2c(c1)CCC2. The van der Waals surface area contributed by atoms with Crippen molar-refractivity contribution in [3.8, 4) is 5.75 Å². The molecule has 0 radical (unpaired) electrons. The van der Waals surface area contributed by atoms with Gasteiger partial charge in [0, 0.05) is 31.1 Å². The molecular weight excluding hydrogens is 314 g/mol. The first-order valence-corrected chi connectivity index (χ1v) is 8.81. The summed E-state index contributed by atoms with van der Waals surface area (Å²) in [5, 5.41) is 3.01. The van der Waals surface area contributed by atoms with Crippen molar-refractivity contribution in [1.82, 2.24) is 15.3 Å². The smallest absolute Gasteiger partial charge is 0.263 e. The number of carbonyl (C=O) groups is 1. The van der Waals surface area contributed by atoms with E-state index in [9.17, 15) is 4.79 Å². The van der Waals surface area contributed by atoms with Gasteiger partial charge in [-0.1, -0.05) is 6.07 Å². The topological polar surface area (TPSA) is 64.1 Å². The Kier molecular flexibility index (Phi) is 5.02. The van der Waals surface area contributed by atoms with Gasteiger partial charge in [0.05, 0.1) is 5.69 Å². The van der Waals surface area contributed by atoms with Gasteiger partial charge in [0.2, 0.25) is 0 Å². The summed E-state index contributed by atoms with van der Waals surface area (Å²) >= 11 is 0. The number of carbonyl (C=O) groups excluding carboxylic acids is 1. The molecule has 0 saturated heterocycles. The van der Waals surface area contributed by atoms with E-state index in [1.54, 1.807) is 32.4 Å². The van der Waals surface area contributed by atoms with Crippen LogP contribution in [0.3, 0.4) is 0 Å². The highest BCUT2D eigenvalue weighted by molar-refractivity contribution is 5.85. The van der Waals surface area contributed by atoms with Crippen LogP contribution in [0.1, 0.15) is 44.0 Å². The van der Waals surface area contributed by atoms with Crippen molar-refractivity contribution in [1.29, 1.82) is 0 Å². The summed E-state index contributed by atoms with van der Waals surface area (Å²) in [4.78, 5) is 20.9. The maximum Gasteiger partial charge on any atom is 0.263 e. The monoisotopic (exact) mass is 339 g/mol. The first kappa shape index (κ1) is 17.4. The summed E-state index contributed by atoms with van der Waals surface area (Å²) in [7, 11) is 0. The second-order valence-electron chi connectivity index (χ2n) is 7.17. The molecule has 1 N–H and O–H groups in total. The van der Waals surface area contributed by atoms with Crippen LogP contribution in [0.5, 0.6) is 5.75 Å². The Hall–Kier alpha value is -2.43. The molecule has 1 aliphatic carbocycles. The van der Waals surface area contributed by atoms with Crippen LogP contribution in [0, 0.1) is 0 Å². The first-order chi connectivity index (χ1) is 11.9. The van der Waals surface area contributed by atoms with Gasteiger partial charge in [-0.2, -0.15) is 0 Å². The summed E-state index contributed by atoms with van der Waals surface area (Å²) < 4.78 is 6.00. The van der Waals surface area contributed by atoms with E-state index in [1.807, 2.05) is 13.0 Å². The largest absolute Gasteiger partial charge is 0.478 e. The minimum absolute atomic E-state index is 0.0490. The van der Waals surface area contributed by atoms with Crippen molar-refractivity contribution < 1.29 is 9.53 Å². The van der Waals surface area contributed by atoms with Gasteiger partial charge in [-0.15, -0.1) is 0 Å². The lowest BCUT2D eigenvalue weighted by molar-refractivity contribution is -0.134. The van der Waals surface area contributed by atoms with Gasteiger partial charge in [-0.3, -0.25) is 14.8 Å². The highest BCUT2D eigenvalue weighted by Crippen LogP contribution is 2.28. The van der Waals surface area contributed by atoms with Crippen LogP contribution in [-0.4, -0.2) is 27.5 Å². The number of aryl methyl sites for hydroxylation is 2. The minimum atomic E-state index is -0.941. The molecule has 25 heavy (non-hydrogen) atoms. The Balaban J connectivity index is 1.60. The van der Waals surface area contributed by atoms with Crippen LogP contribution in [0.15, 0.2) is 36.8 Å². The van der Waals surface area contributed by atoms with E-state index in [0.717, 1.165) is 24.3 Å². The number of nitrogens with zero attached hydrogens (tertiary/aromatic N) is 2. The van der Waals surface area contributed by atoms with Crippen molar-refractivity contribution >= 4 is 5.91 Å². The van der Waals surface area contributed by atoms with Crippen LogP contribution in [-0.2, 0) is 24.1 Å². The number of amides is 1. The maximum atomic E-state index is 12.6. The molecule has 1 aromatic carbocycles. The molecule has 1 aliphatic rings. The predicted molar refractivity (Wildman–Crippen MR) is 96.5 cm³/mol. The molecule has 1 atom stereocenters. The van der Waals surface area contributed by atoms with Crippen LogP contribution in [0.2, 0.25) is 0 Å². The van der Waals surface area contributed by atoms with E-state index in [4.69, 9.17) is 4.74 Å². The van der Waals surface area contributed by atoms with Crippen LogP contribution >= 0.6 is 0 Å². The molecule has 0 saturated carbocycles. The van der Waals surface area contributed by atoms with E-state index < -0.39 is 5.60 Å². The lowest BCUT2D eigenvalue weighted by Gasteiger charge is -2.27. The molecule has 2 aromatic rings. The molecule has 5 nitrogen and oxygen atoms in total. The maximum absolute atomic E-state index is 12.6. The van der Waals surface area contributed by atoms with Gasteiger partial charge in [0.15, 0.2) is 5.60 Å². The van der Waals surface area contributed by atoms with E-state index in [2.05, 4.69) is 27.4 Å². The van der Waals surface area contributed by atoms with Gasteiger partial charge in [-0.25, -0.2) is 0 Å². The lowest BCUT2D eigenvalue weighted by atomic mass is 10.1. The molecule has 3 rings (SSSR count). The highest BCUT2D eigenvalue weighted by Gasteiger charge is 2.31. The van der Waals surface area contributed by atoms with Gasteiger partial charge in [0.1, 0.15) is 5.75 Å². The van der Waals surface area contributed by atoms with Gasteiger partial charge >= 0.3 is 0 Å². The Morgan fingerprint density at radius 2 is 2.08 bits per heavy atom. The molecule has 1 amide bonds. The summed E-state index contributed by atoms with van der Waals surface area (Å²) in [5.74, 6) is 0.617. The van der Waals surface area contributed by atoms with Crippen molar-refractivity contribution in [3.05, 3.63) is 53.6 Å². The van der Waals surface area contributed by atoms with Crippen molar-refractivity contribution in [2.45, 2.75) is 58.1 Å². The third kappa shape index (κ3) is 4.35. The zero-order chi connectivity index (χ0) is 17.9. The Bertz CT molecular complexity index is 744. The number of ether oxygens (including phenoxy) is 1. The highest BCUT2D eigenvalue weighted by atomic mass is 16.5. The number of hydrogen-bond donors (Lipinski definition) is 1. The fourth-order valence-electron chi connectivity index (χ4n) is 3.15. The number of hydrogen-bond acceptors (Lipinski definition) is 4. The van der Waals surface area contributed by atoms with Gasteiger partial charge < -0.3 is 10.1 Å². The molecule has 1 heterocycles. The molecule has 0 bridgehead atoms. The standard InChI is InChI=1S/C20H25N3O2/c1-14(11-17-13-21-9-10-22-17)23-19(24)20(2,3)25-18-8-7-15-5-4-6-16(15)12-18/h7-10,12-14H,4-6,11H2,1-3H3,(H,23,24)/t14-/m1/s1. The van der Waals surface area contributed by atoms with E-state index in [-0.39, 0.29) is 11.9 Å². The molecule has 5 heteroatoms. The molecule has 0 fully saturated rings. The van der Waals surface area contributed by atoms with E-state index in [0.29, 0.717) is 6.42 Å². The molecule has 132 valence electrons. The number of fused-ring (bicyclic) bond motifs is 1. The van der Waals surface area contributed by atoms with Crippen molar-refractivity contribution in [3.63, 3.8) is 0 Å².